The predicted molar refractivity (Wildman–Crippen MR) is 64.4 cm³/mol. The fourth-order valence-corrected chi connectivity index (χ4v) is 2.56. The Morgan fingerprint density at radius 2 is 2.20 bits per heavy atom. The van der Waals surface area contributed by atoms with Crippen molar-refractivity contribution < 1.29 is 5.11 Å². The van der Waals surface area contributed by atoms with E-state index in [1.165, 1.54) is 0 Å². The zero-order valence-electron chi connectivity index (χ0n) is 8.06. The fourth-order valence-electron chi connectivity index (χ4n) is 1.72. The minimum Gasteiger partial charge on any atom is -0.506 e. The Bertz CT molecular complexity index is 367. The second-order valence-corrected chi connectivity index (χ2v) is 4.83. The summed E-state index contributed by atoms with van der Waals surface area (Å²) in [6.45, 7) is 2.66. The first-order chi connectivity index (χ1) is 7.18. The maximum atomic E-state index is 9.90. The van der Waals surface area contributed by atoms with Crippen LogP contribution < -0.4 is 10.6 Å². The maximum Gasteiger partial charge on any atom is 0.134 e. The molecule has 0 aliphatic carbocycles. The Balaban J connectivity index is 2.33. The number of nitrogens with one attached hydrogen (secondary N) is 2. The minimum atomic E-state index is 0.119. The van der Waals surface area contributed by atoms with E-state index >= 15 is 0 Å². The SMILES string of the molecule is Oc1c(Br)cc(Cl)cc1[C@@H]1CNCCN1. The molecule has 1 heterocycles. The third kappa shape index (κ3) is 2.45. The fraction of sp³-hybridized carbons (Fsp3) is 0.400. The molecule has 1 atom stereocenters. The van der Waals surface area contributed by atoms with Gasteiger partial charge in [-0.05, 0) is 28.1 Å². The van der Waals surface area contributed by atoms with Gasteiger partial charge in [0.25, 0.3) is 0 Å². The van der Waals surface area contributed by atoms with Crippen LogP contribution >= 0.6 is 27.5 Å². The van der Waals surface area contributed by atoms with E-state index in [1.807, 2.05) is 0 Å². The Hall–Kier alpha value is -0.290. The van der Waals surface area contributed by atoms with Gasteiger partial charge >= 0.3 is 0 Å². The molecule has 0 saturated carbocycles. The summed E-state index contributed by atoms with van der Waals surface area (Å²) in [5.74, 6) is 0.264. The predicted octanol–water partition coefficient (Wildman–Crippen LogP) is 2.04. The molecule has 0 spiro atoms. The van der Waals surface area contributed by atoms with Crippen molar-refractivity contribution in [3.8, 4) is 5.75 Å². The van der Waals surface area contributed by atoms with Gasteiger partial charge in [0.1, 0.15) is 5.75 Å². The van der Waals surface area contributed by atoms with Crippen molar-refractivity contribution in [3.05, 3.63) is 27.2 Å². The molecule has 1 fully saturated rings. The molecular weight excluding hydrogens is 279 g/mol. The summed E-state index contributed by atoms with van der Waals surface area (Å²) in [5.41, 5.74) is 0.835. The standard InChI is InChI=1S/C10H12BrClN2O/c11-8-4-6(12)3-7(10(8)15)9-5-13-1-2-14-9/h3-4,9,13-15H,1-2,5H2/t9-/m0/s1. The summed E-state index contributed by atoms with van der Waals surface area (Å²) in [5, 5.41) is 17.1. The van der Waals surface area contributed by atoms with E-state index in [4.69, 9.17) is 11.6 Å². The molecule has 0 radical (unpaired) electrons. The van der Waals surface area contributed by atoms with Crippen LogP contribution in [0.3, 0.4) is 0 Å². The number of rotatable bonds is 1. The number of hydrogen-bond acceptors (Lipinski definition) is 3. The van der Waals surface area contributed by atoms with E-state index < -0.39 is 0 Å². The van der Waals surface area contributed by atoms with Crippen molar-refractivity contribution in [1.29, 1.82) is 0 Å². The van der Waals surface area contributed by atoms with Gasteiger partial charge in [0.2, 0.25) is 0 Å². The van der Waals surface area contributed by atoms with Crippen molar-refractivity contribution >= 4 is 27.5 Å². The van der Waals surface area contributed by atoms with Crippen LogP contribution in [0.5, 0.6) is 5.75 Å². The van der Waals surface area contributed by atoms with E-state index in [0.29, 0.717) is 9.50 Å². The summed E-state index contributed by atoms with van der Waals surface area (Å²) in [7, 11) is 0. The van der Waals surface area contributed by atoms with E-state index in [9.17, 15) is 5.11 Å². The van der Waals surface area contributed by atoms with Gasteiger partial charge in [0.05, 0.1) is 4.47 Å². The Morgan fingerprint density at radius 1 is 1.40 bits per heavy atom. The third-order valence-corrected chi connectivity index (χ3v) is 3.30. The second kappa shape index (κ2) is 4.70. The van der Waals surface area contributed by atoms with E-state index in [0.717, 1.165) is 25.2 Å². The van der Waals surface area contributed by atoms with Crippen LogP contribution in [0.2, 0.25) is 5.02 Å². The summed E-state index contributed by atoms with van der Waals surface area (Å²) in [6.07, 6.45) is 0. The second-order valence-electron chi connectivity index (χ2n) is 3.54. The van der Waals surface area contributed by atoms with Crippen molar-refractivity contribution in [2.45, 2.75) is 6.04 Å². The number of phenolic OH excluding ortho intramolecular Hbond substituents is 1. The first-order valence-corrected chi connectivity index (χ1v) is 5.97. The molecule has 0 aromatic heterocycles. The Labute approximate surface area is 102 Å². The quantitative estimate of drug-likeness (QED) is 0.742. The molecule has 82 valence electrons. The van der Waals surface area contributed by atoms with E-state index in [-0.39, 0.29) is 11.8 Å². The highest BCUT2D eigenvalue weighted by atomic mass is 79.9. The first kappa shape index (κ1) is 11.2. The summed E-state index contributed by atoms with van der Waals surface area (Å²) in [6, 6.07) is 3.61. The van der Waals surface area contributed by atoms with Crippen molar-refractivity contribution in [2.24, 2.45) is 0 Å². The summed E-state index contributed by atoms with van der Waals surface area (Å²) < 4.78 is 0.636. The molecule has 1 saturated heterocycles. The number of piperazine rings is 1. The zero-order valence-corrected chi connectivity index (χ0v) is 10.4. The molecule has 0 bridgehead atoms. The highest BCUT2D eigenvalue weighted by Crippen LogP contribution is 2.35. The lowest BCUT2D eigenvalue weighted by molar-refractivity contribution is 0.403. The van der Waals surface area contributed by atoms with Gasteiger partial charge in [0.15, 0.2) is 0 Å². The molecule has 3 nitrogen and oxygen atoms in total. The van der Waals surface area contributed by atoms with Crippen LogP contribution in [0.4, 0.5) is 0 Å². The lowest BCUT2D eigenvalue weighted by Gasteiger charge is -2.25. The van der Waals surface area contributed by atoms with Crippen molar-refractivity contribution in [1.82, 2.24) is 10.6 Å². The van der Waals surface area contributed by atoms with Gasteiger partial charge in [-0.2, -0.15) is 0 Å². The number of halogens is 2. The van der Waals surface area contributed by atoms with Crippen LogP contribution in [0.15, 0.2) is 16.6 Å². The van der Waals surface area contributed by atoms with Crippen LogP contribution in [0, 0.1) is 0 Å². The van der Waals surface area contributed by atoms with Crippen LogP contribution in [0.1, 0.15) is 11.6 Å². The Kier molecular flexibility index (Phi) is 3.51. The van der Waals surface area contributed by atoms with Gasteiger partial charge in [-0.15, -0.1) is 0 Å². The molecule has 3 N–H and O–H groups in total. The largest absolute Gasteiger partial charge is 0.506 e. The molecule has 15 heavy (non-hydrogen) atoms. The molecule has 1 aromatic rings. The molecule has 1 aliphatic heterocycles. The van der Waals surface area contributed by atoms with Gasteiger partial charge in [-0.25, -0.2) is 0 Å². The zero-order chi connectivity index (χ0) is 10.8. The van der Waals surface area contributed by atoms with Gasteiger partial charge in [0, 0.05) is 36.3 Å². The number of benzene rings is 1. The van der Waals surface area contributed by atoms with Crippen molar-refractivity contribution in [3.63, 3.8) is 0 Å². The van der Waals surface area contributed by atoms with Crippen LogP contribution in [0.25, 0.3) is 0 Å². The molecule has 0 unspecified atom stereocenters. The van der Waals surface area contributed by atoms with E-state index in [2.05, 4.69) is 26.6 Å². The summed E-state index contributed by atoms with van der Waals surface area (Å²) in [4.78, 5) is 0. The van der Waals surface area contributed by atoms with Crippen LogP contribution in [-0.4, -0.2) is 24.7 Å². The number of aromatic hydroxyl groups is 1. The maximum absolute atomic E-state index is 9.90. The molecular formula is C10H12BrClN2O. The normalized spacial score (nSPS) is 21.6. The van der Waals surface area contributed by atoms with Gasteiger partial charge in [-0.3, -0.25) is 0 Å². The monoisotopic (exact) mass is 290 g/mol. The Morgan fingerprint density at radius 3 is 2.87 bits per heavy atom. The van der Waals surface area contributed by atoms with Crippen molar-refractivity contribution in [2.75, 3.05) is 19.6 Å². The third-order valence-electron chi connectivity index (χ3n) is 2.47. The van der Waals surface area contributed by atoms with E-state index in [1.54, 1.807) is 12.1 Å². The van der Waals surface area contributed by atoms with Gasteiger partial charge < -0.3 is 15.7 Å². The summed E-state index contributed by atoms with van der Waals surface area (Å²) >= 11 is 9.23. The molecule has 1 aliphatic rings. The molecule has 5 heteroatoms. The average Bonchev–Trinajstić information content (AvgIpc) is 2.24. The lowest BCUT2D eigenvalue weighted by atomic mass is 10.0. The first-order valence-electron chi connectivity index (χ1n) is 4.80. The minimum absolute atomic E-state index is 0.119. The van der Waals surface area contributed by atoms with Gasteiger partial charge in [-0.1, -0.05) is 11.6 Å². The molecule has 1 aromatic carbocycles. The topological polar surface area (TPSA) is 44.3 Å². The average molecular weight is 292 g/mol. The smallest absolute Gasteiger partial charge is 0.134 e. The highest BCUT2D eigenvalue weighted by molar-refractivity contribution is 9.10. The lowest BCUT2D eigenvalue weighted by Crippen LogP contribution is -2.42. The molecule has 2 rings (SSSR count). The number of hydrogen-bond donors (Lipinski definition) is 3. The number of phenols is 1. The highest BCUT2D eigenvalue weighted by Gasteiger charge is 2.19. The molecule has 0 amide bonds. The van der Waals surface area contributed by atoms with Crippen LogP contribution in [-0.2, 0) is 0 Å².